The van der Waals surface area contributed by atoms with Crippen LogP contribution in [0.4, 0.5) is 0 Å². The molecular formula is C30H35BrN2O3. The quantitative estimate of drug-likeness (QED) is 0.313. The van der Waals surface area contributed by atoms with E-state index in [1.807, 2.05) is 92.7 Å². The molecule has 3 rings (SSSR count). The third-order valence-electron chi connectivity index (χ3n) is 5.84. The standard InChI is InChI=1S/C30H35BrN2O3/c1-21(2)26-15-8-9-16-28(26)36-20-29(34)33(19-24-13-10-14-25(31)17-24)27(30(35)32-22(3)4)18-23-11-6-5-7-12-23/h5-17,21-22,27H,18-20H2,1-4H3,(H,32,35)/t27-/m1/s1. The molecule has 3 aromatic rings. The summed E-state index contributed by atoms with van der Waals surface area (Å²) in [6.45, 7) is 8.16. The number of halogens is 1. The zero-order chi connectivity index (χ0) is 26.1. The average molecular weight is 552 g/mol. The lowest BCUT2D eigenvalue weighted by atomic mass is 10.0. The van der Waals surface area contributed by atoms with Crippen molar-refractivity contribution in [2.75, 3.05) is 6.61 Å². The maximum Gasteiger partial charge on any atom is 0.261 e. The van der Waals surface area contributed by atoms with Gasteiger partial charge in [-0.1, -0.05) is 90.4 Å². The monoisotopic (exact) mass is 550 g/mol. The van der Waals surface area contributed by atoms with Crippen LogP contribution in [0.3, 0.4) is 0 Å². The summed E-state index contributed by atoms with van der Waals surface area (Å²) in [4.78, 5) is 28.8. The third-order valence-corrected chi connectivity index (χ3v) is 6.33. The number of carbonyl (C=O) groups is 2. The summed E-state index contributed by atoms with van der Waals surface area (Å²) in [6.07, 6.45) is 0.404. The van der Waals surface area contributed by atoms with Gasteiger partial charge in [0.2, 0.25) is 5.91 Å². The highest BCUT2D eigenvalue weighted by Crippen LogP contribution is 2.26. The van der Waals surface area contributed by atoms with Crippen LogP contribution in [0, 0.1) is 0 Å². The van der Waals surface area contributed by atoms with Crippen molar-refractivity contribution in [3.8, 4) is 5.75 Å². The Kier molecular flexibility index (Phi) is 10.1. The molecule has 0 bridgehead atoms. The summed E-state index contributed by atoms with van der Waals surface area (Å²) in [7, 11) is 0. The second-order valence-corrected chi connectivity index (χ2v) is 10.4. The van der Waals surface area contributed by atoms with Crippen molar-refractivity contribution in [2.24, 2.45) is 0 Å². The smallest absolute Gasteiger partial charge is 0.261 e. The van der Waals surface area contributed by atoms with Crippen molar-refractivity contribution >= 4 is 27.7 Å². The van der Waals surface area contributed by atoms with Crippen LogP contribution < -0.4 is 10.1 Å². The Labute approximate surface area is 223 Å². The molecule has 0 saturated carbocycles. The zero-order valence-electron chi connectivity index (χ0n) is 21.4. The average Bonchev–Trinajstić information content (AvgIpc) is 2.85. The molecule has 6 heteroatoms. The van der Waals surface area contributed by atoms with Crippen molar-refractivity contribution in [2.45, 2.75) is 58.7 Å². The molecule has 0 fully saturated rings. The summed E-state index contributed by atoms with van der Waals surface area (Å²) in [5, 5.41) is 3.01. The summed E-state index contributed by atoms with van der Waals surface area (Å²) in [6, 6.07) is 24.6. The zero-order valence-corrected chi connectivity index (χ0v) is 23.0. The van der Waals surface area contributed by atoms with Gasteiger partial charge >= 0.3 is 0 Å². The molecule has 1 atom stereocenters. The highest BCUT2D eigenvalue weighted by molar-refractivity contribution is 9.10. The SMILES string of the molecule is CC(C)NC(=O)[C@@H](Cc1ccccc1)N(Cc1cccc(Br)c1)C(=O)COc1ccccc1C(C)C. The molecule has 0 aromatic heterocycles. The lowest BCUT2D eigenvalue weighted by molar-refractivity contribution is -0.143. The molecule has 0 unspecified atom stereocenters. The normalized spacial score (nSPS) is 11.9. The summed E-state index contributed by atoms with van der Waals surface area (Å²) in [5.41, 5.74) is 2.96. The van der Waals surface area contributed by atoms with E-state index in [0.29, 0.717) is 12.2 Å². The van der Waals surface area contributed by atoms with E-state index in [4.69, 9.17) is 4.74 Å². The number of para-hydroxylation sites is 1. The maximum atomic E-state index is 13.7. The number of amides is 2. The second kappa shape index (κ2) is 13.3. The number of nitrogens with one attached hydrogen (secondary N) is 1. The van der Waals surface area contributed by atoms with Crippen molar-refractivity contribution in [1.29, 1.82) is 0 Å². The van der Waals surface area contributed by atoms with Gasteiger partial charge in [0.05, 0.1) is 0 Å². The molecule has 3 aromatic carbocycles. The maximum absolute atomic E-state index is 13.7. The van der Waals surface area contributed by atoms with Gasteiger partial charge in [0.15, 0.2) is 6.61 Å². The number of hydrogen-bond acceptors (Lipinski definition) is 3. The minimum atomic E-state index is -0.690. The van der Waals surface area contributed by atoms with Crippen LogP contribution in [0.25, 0.3) is 0 Å². The first-order valence-electron chi connectivity index (χ1n) is 12.3. The van der Waals surface area contributed by atoms with Crippen LogP contribution in [0.15, 0.2) is 83.3 Å². The number of nitrogens with zero attached hydrogens (tertiary/aromatic N) is 1. The van der Waals surface area contributed by atoms with Gasteiger partial charge in [0.25, 0.3) is 5.91 Å². The molecule has 5 nitrogen and oxygen atoms in total. The number of ether oxygens (including phenoxy) is 1. The molecule has 0 aliphatic rings. The van der Waals surface area contributed by atoms with E-state index >= 15 is 0 Å². The highest BCUT2D eigenvalue weighted by atomic mass is 79.9. The van der Waals surface area contributed by atoms with Crippen molar-refractivity contribution in [3.63, 3.8) is 0 Å². The van der Waals surface area contributed by atoms with Gasteiger partial charge in [-0.2, -0.15) is 0 Å². The first kappa shape index (κ1) is 27.5. The van der Waals surface area contributed by atoms with E-state index in [1.54, 1.807) is 4.90 Å². The number of rotatable bonds is 11. The highest BCUT2D eigenvalue weighted by Gasteiger charge is 2.31. The fourth-order valence-electron chi connectivity index (χ4n) is 4.08. The predicted octanol–water partition coefficient (Wildman–Crippen LogP) is 6.12. The largest absolute Gasteiger partial charge is 0.483 e. The minimum Gasteiger partial charge on any atom is -0.483 e. The Hall–Kier alpha value is -3.12. The minimum absolute atomic E-state index is 0.0484. The van der Waals surface area contributed by atoms with Crippen LogP contribution in [0.1, 0.15) is 50.3 Å². The van der Waals surface area contributed by atoms with E-state index in [2.05, 4.69) is 35.1 Å². The van der Waals surface area contributed by atoms with Gasteiger partial charge < -0.3 is 15.0 Å². The van der Waals surface area contributed by atoms with Crippen LogP contribution in [0.2, 0.25) is 0 Å². The van der Waals surface area contributed by atoms with Crippen LogP contribution >= 0.6 is 15.9 Å². The van der Waals surface area contributed by atoms with Gasteiger partial charge in [-0.15, -0.1) is 0 Å². The Morgan fingerprint density at radius 1 is 0.889 bits per heavy atom. The Balaban J connectivity index is 1.93. The molecule has 0 spiro atoms. The Morgan fingerprint density at radius 2 is 1.56 bits per heavy atom. The lowest BCUT2D eigenvalue weighted by Gasteiger charge is -2.32. The topological polar surface area (TPSA) is 58.6 Å². The van der Waals surface area contributed by atoms with Gasteiger partial charge in [-0.3, -0.25) is 9.59 Å². The van der Waals surface area contributed by atoms with Crippen molar-refractivity contribution < 1.29 is 14.3 Å². The molecule has 190 valence electrons. The first-order valence-corrected chi connectivity index (χ1v) is 13.1. The number of hydrogen-bond donors (Lipinski definition) is 1. The van der Waals surface area contributed by atoms with Gasteiger partial charge in [-0.05, 0) is 54.7 Å². The molecule has 0 aliphatic heterocycles. The molecule has 0 radical (unpaired) electrons. The van der Waals surface area contributed by atoms with Crippen molar-refractivity contribution in [1.82, 2.24) is 10.2 Å². The van der Waals surface area contributed by atoms with E-state index in [9.17, 15) is 9.59 Å². The molecule has 0 heterocycles. The fourth-order valence-corrected chi connectivity index (χ4v) is 4.52. The van der Waals surface area contributed by atoms with Crippen LogP contribution in [-0.2, 0) is 22.6 Å². The summed E-state index contributed by atoms with van der Waals surface area (Å²) in [5.74, 6) is 0.527. The predicted molar refractivity (Wildman–Crippen MR) is 148 cm³/mol. The number of benzene rings is 3. The molecule has 2 amide bonds. The summed E-state index contributed by atoms with van der Waals surface area (Å²) < 4.78 is 6.95. The molecule has 1 N–H and O–H groups in total. The Morgan fingerprint density at radius 3 is 2.22 bits per heavy atom. The van der Waals surface area contributed by atoms with Crippen molar-refractivity contribution in [3.05, 3.63) is 100 Å². The van der Waals surface area contributed by atoms with Gasteiger partial charge in [0, 0.05) is 23.5 Å². The van der Waals surface area contributed by atoms with E-state index in [1.165, 1.54) is 0 Å². The first-order chi connectivity index (χ1) is 17.2. The third kappa shape index (κ3) is 7.95. The molecule has 36 heavy (non-hydrogen) atoms. The second-order valence-electron chi connectivity index (χ2n) is 9.50. The molecule has 0 aliphatic carbocycles. The Bertz CT molecular complexity index is 1150. The summed E-state index contributed by atoms with van der Waals surface area (Å²) >= 11 is 3.52. The fraction of sp³-hybridized carbons (Fsp3) is 0.333. The van der Waals surface area contributed by atoms with Crippen LogP contribution in [0.5, 0.6) is 5.75 Å². The molecular weight excluding hydrogens is 516 g/mol. The molecule has 0 saturated heterocycles. The van der Waals surface area contributed by atoms with Crippen LogP contribution in [-0.4, -0.2) is 35.4 Å². The van der Waals surface area contributed by atoms with E-state index in [-0.39, 0.29) is 36.9 Å². The van der Waals surface area contributed by atoms with Gasteiger partial charge in [0.1, 0.15) is 11.8 Å². The van der Waals surface area contributed by atoms with E-state index in [0.717, 1.165) is 21.2 Å². The number of carbonyl (C=O) groups excluding carboxylic acids is 2. The lowest BCUT2D eigenvalue weighted by Crippen LogP contribution is -2.52. The van der Waals surface area contributed by atoms with E-state index < -0.39 is 6.04 Å². The van der Waals surface area contributed by atoms with Gasteiger partial charge in [-0.25, -0.2) is 0 Å².